The van der Waals surface area contributed by atoms with Crippen molar-refractivity contribution in [3.8, 4) is 0 Å². The lowest BCUT2D eigenvalue weighted by Crippen LogP contribution is -2.42. The van der Waals surface area contributed by atoms with Gasteiger partial charge in [0.15, 0.2) is 0 Å². The summed E-state index contributed by atoms with van der Waals surface area (Å²) in [6, 6.07) is 0.270. The molecule has 0 aromatic rings. The first kappa shape index (κ1) is 17.5. The van der Waals surface area contributed by atoms with Crippen molar-refractivity contribution in [1.82, 2.24) is 15.1 Å². The lowest BCUT2D eigenvalue weighted by molar-refractivity contribution is -0.125. The van der Waals surface area contributed by atoms with Gasteiger partial charge < -0.3 is 19.9 Å². The van der Waals surface area contributed by atoms with Gasteiger partial charge in [0.1, 0.15) is 5.60 Å². The Morgan fingerprint density at radius 1 is 1.08 bits per heavy atom. The highest BCUT2D eigenvalue weighted by Gasteiger charge is 2.35. The Bertz CT molecular complexity index is 484. The van der Waals surface area contributed by atoms with Gasteiger partial charge in [0.25, 0.3) is 0 Å². The highest BCUT2D eigenvalue weighted by molar-refractivity contribution is 5.81. The minimum atomic E-state index is -0.494. The van der Waals surface area contributed by atoms with Crippen molar-refractivity contribution >= 4 is 12.0 Å². The van der Waals surface area contributed by atoms with Crippen LogP contribution < -0.4 is 5.32 Å². The van der Waals surface area contributed by atoms with Crippen LogP contribution >= 0.6 is 0 Å². The van der Waals surface area contributed by atoms with Crippen LogP contribution in [0.5, 0.6) is 0 Å². The summed E-state index contributed by atoms with van der Waals surface area (Å²) in [5.74, 6) is 0.894. The number of rotatable bonds is 4. The fraction of sp³-hybridized carbons (Fsp3) is 0.889. The van der Waals surface area contributed by atoms with Gasteiger partial charge in [-0.15, -0.1) is 0 Å². The van der Waals surface area contributed by atoms with Gasteiger partial charge in [-0.05, 0) is 52.4 Å². The molecule has 2 heterocycles. The van der Waals surface area contributed by atoms with E-state index in [4.69, 9.17) is 4.74 Å². The minimum absolute atomic E-state index is 0.0966. The third-order valence-electron chi connectivity index (χ3n) is 5.04. The lowest BCUT2D eigenvalue weighted by atomic mass is 10.1. The summed E-state index contributed by atoms with van der Waals surface area (Å²) in [5, 5.41) is 3.19. The Balaban J connectivity index is 1.40. The quantitative estimate of drug-likeness (QED) is 0.850. The molecule has 2 saturated heterocycles. The van der Waals surface area contributed by atoms with Crippen molar-refractivity contribution in [2.45, 2.75) is 58.1 Å². The molecule has 1 aliphatic carbocycles. The Hall–Kier alpha value is -1.30. The second kappa shape index (κ2) is 6.90. The van der Waals surface area contributed by atoms with E-state index in [2.05, 4.69) is 10.2 Å². The number of amides is 2. The normalized spacial score (nSPS) is 28.2. The Morgan fingerprint density at radius 2 is 1.83 bits per heavy atom. The standard InChI is InChI=1S/C18H31N3O3/c1-18(2,3)24-17(23)21-9-6-14(11-21)16(22)19-15-7-8-20(12-15)10-13-4-5-13/h13-15H,4-12H2,1-3H3,(H,19,22). The lowest BCUT2D eigenvalue weighted by Gasteiger charge is -2.24. The molecule has 2 amide bonds. The monoisotopic (exact) mass is 337 g/mol. The van der Waals surface area contributed by atoms with Gasteiger partial charge in [-0.3, -0.25) is 4.79 Å². The summed E-state index contributed by atoms with van der Waals surface area (Å²) in [7, 11) is 0. The van der Waals surface area contributed by atoms with E-state index in [9.17, 15) is 9.59 Å². The minimum Gasteiger partial charge on any atom is -0.444 e. The van der Waals surface area contributed by atoms with Crippen LogP contribution in [0, 0.1) is 11.8 Å². The van der Waals surface area contributed by atoms with E-state index >= 15 is 0 Å². The zero-order valence-corrected chi connectivity index (χ0v) is 15.2. The predicted octanol–water partition coefficient (Wildman–Crippen LogP) is 1.84. The molecule has 3 rings (SSSR count). The van der Waals surface area contributed by atoms with E-state index in [1.54, 1.807) is 4.90 Å². The maximum absolute atomic E-state index is 12.5. The van der Waals surface area contributed by atoms with Gasteiger partial charge in [-0.2, -0.15) is 0 Å². The van der Waals surface area contributed by atoms with Crippen LogP contribution in [0.4, 0.5) is 4.79 Å². The molecule has 6 heteroatoms. The molecule has 0 radical (unpaired) electrons. The summed E-state index contributed by atoms with van der Waals surface area (Å²) in [4.78, 5) is 28.7. The number of hydrogen-bond acceptors (Lipinski definition) is 4. The smallest absolute Gasteiger partial charge is 0.410 e. The molecule has 3 aliphatic rings. The molecule has 3 fully saturated rings. The molecular formula is C18H31N3O3. The van der Waals surface area contributed by atoms with E-state index < -0.39 is 5.60 Å². The van der Waals surface area contributed by atoms with Crippen LogP contribution in [0.25, 0.3) is 0 Å². The van der Waals surface area contributed by atoms with Crippen molar-refractivity contribution in [3.63, 3.8) is 0 Å². The number of nitrogens with one attached hydrogen (secondary N) is 1. The number of ether oxygens (including phenoxy) is 1. The number of carbonyl (C=O) groups is 2. The Kier molecular flexibility index (Phi) is 5.04. The van der Waals surface area contributed by atoms with E-state index in [1.807, 2.05) is 20.8 Å². The highest BCUT2D eigenvalue weighted by atomic mass is 16.6. The fourth-order valence-electron chi connectivity index (χ4n) is 3.57. The Labute approximate surface area is 144 Å². The number of carbonyl (C=O) groups excluding carboxylic acids is 2. The largest absolute Gasteiger partial charge is 0.444 e. The van der Waals surface area contributed by atoms with Gasteiger partial charge >= 0.3 is 6.09 Å². The van der Waals surface area contributed by atoms with Crippen molar-refractivity contribution in [2.75, 3.05) is 32.7 Å². The molecule has 6 nitrogen and oxygen atoms in total. The van der Waals surface area contributed by atoms with E-state index in [-0.39, 0.29) is 24.0 Å². The fourth-order valence-corrected chi connectivity index (χ4v) is 3.57. The molecule has 1 N–H and O–H groups in total. The average Bonchev–Trinajstić information content (AvgIpc) is 2.99. The van der Waals surface area contributed by atoms with Gasteiger partial charge in [0, 0.05) is 38.8 Å². The number of hydrogen-bond donors (Lipinski definition) is 1. The van der Waals surface area contributed by atoms with Crippen LogP contribution in [-0.2, 0) is 9.53 Å². The predicted molar refractivity (Wildman–Crippen MR) is 91.6 cm³/mol. The van der Waals surface area contributed by atoms with Gasteiger partial charge in [-0.25, -0.2) is 4.79 Å². The third-order valence-corrected chi connectivity index (χ3v) is 5.04. The zero-order valence-electron chi connectivity index (χ0n) is 15.2. The van der Waals surface area contributed by atoms with Crippen LogP contribution in [0.2, 0.25) is 0 Å². The van der Waals surface area contributed by atoms with Crippen molar-refractivity contribution in [3.05, 3.63) is 0 Å². The molecule has 24 heavy (non-hydrogen) atoms. The van der Waals surface area contributed by atoms with Gasteiger partial charge in [0.05, 0.1) is 5.92 Å². The molecule has 2 atom stereocenters. The van der Waals surface area contributed by atoms with Crippen LogP contribution in [0.1, 0.15) is 46.5 Å². The van der Waals surface area contributed by atoms with Crippen molar-refractivity contribution in [1.29, 1.82) is 0 Å². The number of nitrogens with zero attached hydrogens (tertiary/aromatic N) is 2. The third kappa shape index (κ3) is 4.85. The van der Waals surface area contributed by atoms with Crippen molar-refractivity contribution < 1.29 is 14.3 Å². The molecule has 1 saturated carbocycles. The first-order chi connectivity index (χ1) is 11.3. The summed E-state index contributed by atoms with van der Waals surface area (Å²) in [5.41, 5.74) is -0.494. The maximum atomic E-state index is 12.5. The average molecular weight is 337 g/mol. The van der Waals surface area contributed by atoms with Crippen molar-refractivity contribution in [2.24, 2.45) is 11.8 Å². The van der Waals surface area contributed by atoms with E-state index in [0.717, 1.165) is 31.8 Å². The van der Waals surface area contributed by atoms with Crippen LogP contribution in [0.3, 0.4) is 0 Å². The topological polar surface area (TPSA) is 61.9 Å². The van der Waals surface area contributed by atoms with E-state index in [0.29, 0.717) is 13.1 Å². The van der Waals surface area contributed by atoms with Gasteiger partial charge in [0.2, 0.25) is 5.91 Å². The summed E-state index contributed by atoms with van der Waals surface area (Å²) in [6.45, 7) is 9.92. The van der Waals surface area contributed by atoms with Gasteiger partial charge in [-0.1, -0.05) is 0 Å². The number of likely N-dealkylation sites (tertiary alicyclic amines) is 2. The summed E-state index contributed by atoms with van der Waals surface area (Å²) >= 11 is 0. The molecule has 0 aromatic heterocycles. The first-order valence-corrected chi connectivity index (χ1v) is 9.31. The first-order valence-electron chi connectivity index (χ1n) is 9.31. The van der Waals surface area contributed by atoms with E-state index in [1.165, 1.54) is 19.4 Å². The molecule has 0 aromatic carbocycles. The molecule has 0 bridgehead atoms. The molecule has 2 aliphatic heterocycles. The summed E-state index contributed by atoms with van der Waals surface area (Å²) in [6.07, 6.45) is 4.20. The molecule has 2 unspecified atom stereocenters. The second-order valence-corrected chi connectivity index (χ2v) is 8.61. The zero-order chi connectivity index (χ0) is 17.3. The molecular weight excluding hydrogens is 306 g/mol. The maximum Gasteiger partial charge on any atom is 0.410 e. The molecule has 0 spiro atoms. The second-order valence-electron chi connectivity index (χ2n) is 8.61. The Morgan fingerprint density at radius 3 is 2.50 bits per heavy atom. The highest BCUT2D eigenvalue weighted by Crippen LogP contribution is 2.30. The van der Waals surface area contributed by atoms with Crippen LogP contribution in [-0.4, -0.2) is 66.2 Å². The summed E-state index contributed by atoms with van der Waals surface area (Å²) < 4.78 is 5.39. The van der Waals surface area contributed by atoms with Crippen LogP contribution in [0.15, 0.2) is 0 Å². The SMILES string of the molecule is CC(C)(C)OC(=O)N1CCC(C(=O)NC2CCN(CC3CC3)C2)C1. The molecule has 136 valence electrons.